The van der Waals surface area contributed by atoms with E-state index in [1.54, 1.807) is 22.9 Å². The summed E-state index contributed by atoms with van der Waals surface area (Å²) in [7, 11) is 0. The molecule has 0 atom stereocenters. The van der Waals surface area contributed by atoms with Crippen LogP contribution in [0.3, 0.4) is 0 Å². The number of aromatic nitrogens is 4. The molecule has 8 heteroatoms. The zero-order chi connectivity index (χ0) is 21.6. The van der Waals surface area contributed by atoms with Crippen LogP contribution in [-0.4, -0.2) is 39.2 Å². The molecule has 1 aliphatic heterocycles. The Kier molecular flexibility index (Phi) is 6.45. The summed E-state index contributed by atoms with van der Waals surface area (Å²) in [4.78, 5) is 15.1. The van der Waals surface area contributed by atoms with E-state index >= 15 is 0 Å². The highest BCUT2D eigenvalue weighted by atomic mass is 16.5. The lowest BCUT2D eigenvalue weighted by atomic mass is 10.1. The topological polar surface area (TPSA) is 85.2 Å². The molecule has 1 aromatic heterocycles. The van der Waals surface area contributed by atoms with E-state index in [-0.39, 0.29) is 18.6 Å². The smallest absolute Gasteiger partial charge is 0.255 e. The van der Waals surface area contributed by atoms with Gasteiger partial charge in [0.05, 0.1) is 6.04 Å². The number of hydrogen-bond acceptors (Lipinski definition) is 6. The molecule has 8 nitrogen and oxygen atoms in total. The first-order valence-corrected chi connectivity index (χ1v) is 10.8. The summed E-state index contributed by atoms with van der Waals surface area (Å²) in [6.07, 6.45) is 3.79. The van der Waals surface area contributed by atoms with Crippen molar-refractivity contribution in [3.05, 3.63) is 59.9 Å². The summed E-state index contributed by atoms with van der Waals surface area (Å²) in [5, 5.41) is 14.6. The number of benzene rings is 2. The Morgan fingerprint density at radius 3 is 2.61 bits per heavy atom. The van der Waals surface area contributed by atoms with Crippen molar-refractivity contribution in [2.75, 3.05) is 23.3 Å². The monoisotopic (exact) mass is 420 g/mol. The third kappa shape index (κ3) is 5.20. The molecule has 4 rings (SSSR count). The van der Waals surface area contributed by atoms with E-state index in [0.29, 0.717) is 17.1 Å². The van der Waals surface area contributed by atoms with E-state index in [4.69, 9.17) is 4.74 Å². The second-order valence-corrected chi connectivity index (χ2v) is 8.00. The van der Waals surface area contributed by atoms with Gasteiger partial charge < -0.3 is 15.0 Å². The molecule has 2 heterocycles. The largest absolute Gasteiger partial charge is 0.486 e. The van der Waals surface area contributed by atoms with Gasteiger partial charge in [-0.15, -0.1) is 5.10 Å². The predicted molar refractivity (Wildman–Crippen MR) is 119 cm³/mol. The molecular weight excluding hydrogens is 392 g/mol. The number of tetrazole rings is 1. The van der Waals surface area contributed by atoms with Crippen LogP contribution in [0.5, 0.6) is 5.75 Å². The lowest BCUT2D eigenvalue weighted by molar-refractivity contribution is 0.102. The molecule has 0 bridgehead atoms. The van der Waals surface area contributed by atoms with Gasteiger partial charge in [0.2, 0.25) is 0 Å². The molecule has 1 aliphatic rings. The average molecular weight is 421 g/mol. The van der Waals surface area contributed by atoms with Crippen LogP contribution < -0.4 is 15.0 Å². The zero-order valence-corrected chi connectivity index (χ0v) is 18.0. The summed E-state index contributed by atoms with van der Waals surface area (Å²) in [6.45, 7) is 6.44. The number of carbonyl (C=O) groups is 1. The molecule has 1 fully saturated rings. The Hall–Kier alpha value is -3.42. The van der Waals surface area contributed by atoms with Crippen molar-refractivity contribution in [3.8, 4) is 5.75 Å². The molecule has 0 spiro atoms. The zero-order valence-electron chi connectivity index (χ0n) is 18.0. The van der Waals surface area contributed by atoms with Crippen LogP contribution in [0.2, 0.25) is 0 Å². The quantitative estimate of drug-likeness (QED) is 0.620. The minimum absolute atomic E-state index is 0.145. The highest BCUT2D eigenvalue weighted by Gasteiger charge is 2.13. The van der Waals surface area contributed by atoms with Crippen molar-refractivity contribution >= 4 is 17.3 Å². The molecule has 0 radical (unpaired) electrons. The summed E-state index contributed by atoms with van der Waals surface area (Å²) in [5.41, 5.74) is 2.51. The second-order valence-electron chi connectivity index (χ2n) is 8.00. The number of carbonyl (C=O) groups excluding carboxylic acids is 1. The molecule has 0 aliphatic carbocycles. The van der Waals surface area contributed by atoms with Gasteiger partial charge in [0, 0.05) is 30.0 Å². The molecule has 1 saturated heterocycles. The number of hydrogen-bond donors (Lipinski definition) is 1. The van der Waals surface area contributed by atoms with E-state index in [1.165, 1.54) is 24.9 Å². The fourth-order valence-corrected chi connectivity index (χ4v) is 3.69. The van der Waals surface area contributed by atoms with Gasteiger partial charge in [-0.2, -0.15) is 0 Å². The van der Waals surface area contributed by atoms with Crippen LogP contribution in [0.1, 0.15) is 55.3 Å². The van der Waals surface area contributed by atoms with E-state index in [9.17, 15) is 4.79 Å². The third-order valence-corrected chi connectivity index (χ3v) is 5.36. The molecule has 0 saturated carbocycles. The van der Waals surface area contributed by atoms with E-state index in [1.807, 2.05) is 32.0 Å². The first-order valence-electron chi connectivity index (χ1n) is 10.8. The fourth-order valence-electron chi connectivity index (χ4n) is 3.69. The Balaban J connectivity index is 1.37. The molecule has 162 valence electrons. The number of anilines is 2. The lowest BCUT2D eigenvalue weighted by Gasteiger charge is -2.28. The highest BCUT2D eigenvalue weighted by Crippen LogP contribution is 2.22. The Morgan fingerprint density at radius 2 is 1.87 bits per heavy atom. The van der Waals surface area contributed by atoms with Crippen LogP contribution >= 0.6 is 0 Å². The van der Waals surface area contributed by atoms with Gasteiger partial charge in [-0.25, -0.2) is 4.68 Å². The summed E-state index contributed by atoms with van der Waals surface area (Å²) in [6, 6.07) is 15.3. The SMILES string of the molecule is CC(C)n1nnnc1COc1cccc(C(=O)Nc2ccc(N3CCCCC3)cc2)c1. The molecular formula is C23H28N6O2. The van der Waals surface area contributed by atoms with Crippen molar-refractivity contribution in [1.29, 1.82) is 0 Å². The highest BCUT2D eigenvalue weighted by molar-refractivity contribution is 6.04. The Labute approximate surface area is 182 Å². The van der Waals surface area contributed by atoms with Crippen LogP contribution in [0.15, 0.2) is 48.5 Å². The average Bonchev–Trinajstić information content (AvgIpc) is 3.28. The predicted octanol–water partition coefficient (Wildman–Crippen LogP) is 4.08. The lowest BCUT2D eigenvalue weighted by Crippen LogP contribution is -2.29. The maximum absolute atomic E-state index is 12.7. The van der Waals surface area contributed by atoms with E-state index < -0.39 is 0 Å². The van der Waals surface area contributed by atoms with Gasteiger partial charge in [-0.3, -0.25) is 4.79 Å². The molecule has 31 heavy (non-hydrogen) atoms. The molecule has 2 aromatic carbocycles. The normalized spacial score (nSPS) is 14.0. The third-order valence-electron chi connectivity index (χ3n) is 5.36. The minimum Gasteiger partial charge on any atom is -0.486 e. The van der Waals surface area contributed by atoms with E-state index in [0.717, 1.165) is 18.8 Å². The van der Waals surface area contributed by atoms with Gasteiger partial charge in [0.25, 0.3) is 5.91 Å². The maximum atomic E-state index is 12.7. The van der Waals surface area contributed by atoms with E-state index in [2.05, 4.69) is 37.9 Å². The van der Waals surface area contributed by atoms with Crippen molar-refractivity contribution in [1.82, 2.24) is 20.2 Å². The van der Waals surface area contributed by atoms with Gasteiger partial charge >= 0.3 is 0 Å². The summed E-state index contributed by atoms with van der Waals surface area (Å²) in [5.74, 6) is 1.05. The van der Waals surface area contributed by atoms with Gasteiger partial charge in [0.15, 0.2) is 5.82 Å². The number of nitrogens with zero attached hydrogens (tertiary/aromatic N) is 5. The Bertz CT molecular complexity index is 1010. The molecule has 0 unspecified atom stereocenters. The van der Waals surface area contributed by atoms with Gasteiger partial charge in [-0.05, 0) is 86.0 Å². The first kappa shape index (κ1) is 20.8. The first-order chi connectivity index (χ1) is 15.1. The van der Waals surface area contributed by atoms with Crippen molar-refractivity contribution in [3.63, 3.8) is 0 Å². The van der Waals surface area contributed by atoms with Crippen LogP contribution in [-0.2, 0) is 6.61 Å². The summed E-state index contributed by atoms with van der Waals surface area (Å²) >= 11 is 0. The second kappa shape index (κ2) is 9.59. The van der Waals surface area contributed by atoms with Gasteiger partial charge in [0.1, 0.15) is 12.4 Å². The van der Waals surface area contributed by atoms with Gasteiger partial charge in [-0.1, -0.05) is 6.07 Å². The number of nitrogens with one attached hydrogen (secondary N) is 1. The Morgan fingerprint density at radius 1 is 1.10 bits per heavy atom. The van der Waals surface area contributed by atoms with Crippen molar-refractivity contribution < 1.29 is 9.53 Å². The number of rotatable bonds is 7. The van der Waals surface area contributed by atoms with Crippen molar-refractivity contribution in [2.24, 2.45) is 0 Å². The molecule has 3 aromatic rings. The summed E-state index contributed by atoms with van der Waals surface area (Å²) < 4.78 is 7.53. The number of piperidine rings is 1. The number of amides is 1. The number of ether oxygens (including phenoxy) is 1. The maximum Gasteiger partial charge on any atom is 0.255 e. The van der Waals surface area contributed by atoms with Crippen LogP contribution in [0, 0.1) is 0 Å². The minimum atomic E-state index is -0.178. The van der Waals surface area contributed by atoms with Crippen LogP contribution in [0.4, 0.5) is 11.4 Å². The van der Waals surface area contributed by atoms with Crippen LogP contribution in [0.25, 0.3) is 0 Å². The molecule has 1 N–H and O–H groups in total. The molecule has 1 amide bonds. The fraction of sp³-hybridized carbons (Fsp3) is 0.391. The standard InChI is InChI=1S/C23H28N6O2/c1-17(2)29-22(25-26-27-29)16-31-21-8-6-7-18(15-21)23(30)24-19-9-11-20(12-10-19)28-13-4-3-5-14-28/h6-12,15,17H,3-5,13-14,16H2,1-2H3,(H,24,30). The van der Waals surface area contributed by atoms with Crippen molar-refractivity contribution in [2.45, 2.75) is 45.8 Å².